The zero-order valence-corrected chi connectivity index (χ0v) is 12.8. The van der Waals surface area contributed by atoms with E-state index >= 15 is 0 Å². The summed E-state index contributed by atoms with van der Waals surface area (Å²) in [6.45, 7) is 2.19. The maximum Gasteiger partial charge on any atom is 0.326 e. The van der Waals surface area contributed by atoms with E-state index in [-0.39, 0.29) is 5.82 Å². The first kappa shape index (κ1) is 17.5. The Hall–Kier alpha value is -1.58. The molecule has 0 fully saturated rings. The lowest BCUT2D eigenvalue weighted by Crippen LogP contribution is -2.29. The Kier molecular flexibility index (Phi) is 8.48. The van der Waals surface area contributed by atoms with Gasteiger partial charge in [-0.2, -0.15) is 0 Å². The summed E-state index contributed by atoms with van der Waals surface area (Å²) in [5.74, 6) is -1.18. The van der Waals surface area contributed by atoms with Crippen LogP contribution in [0.2, 0.25) is 0 Å². The maximum absolute atomic E-state index is 12.8. The van der Waals surface area contributed by atoms with E-state index in [2.05, 4.69) is 12.2 Å². The van der Waals surface area contributed by atoms with Crippen molar-refractivity contribution in [1.29, 1.82) is 0 Å². The highest BCUT2D eigenvalue weighted by Gasteiger charge is 2.16. The lowest BCUT2D eigenvalue weighted by atomic mass is 10.0. The SMILES string of the molecule is CCCCCCCCCC(Nc1ccc(F)cc1)C(=O)O. The van der Waals surface area contributed by atoms with E-state index in [1.165, 1.54) is 44.2 Å². The van der Waals surface area contributed by atoms with E-state index in [4.69, 9.17) is 0 Å². The summed E-state index contributed by atoms with van der Waals surface area (Å²) in [5.41, 5.74) is 0.645. The average molecular weight is 295 g/mol. The third-order valence-electron chi connectivity index (χ3n) is 3.58. The number of carbonyl (C=O) groups is 1. The van der Waals surface area contributed by atoms with Gasteiger partial charge in [0.15, 0.2) is 0 Å². The van der Waals surface area contributed by atoms with Crippen molar-refractivity contribution in [1.82, 2.24) is 0 Å². The Morgan fingerprint density at radius 2 is 1.67 bits per heavy atom. The molecule has 1 rings (SSSR count). The highest BCUT2D eigenvalue weighted by atomic mass is 19.1. The van der Waals surface area contributed by atoms with Crippen LogP contribution in [-0.2, 0) is 4.79 Å². The molecule has 2 N–H and O–H groups in total. The van der Waals surface area contributed by atoms with E-state index in [9.17, 15) is 14.3 Å². The number of aliphatic carboxylic acids is 1. The number of halogens is 1. The van der Waals surface area contributed by atoms with Crippen LogP contribution < -0.4 is 5.32 Å². The van der Waals surface area contributed by atoms with Crippen molar-refractivity contribution >= 4 is 11.7 Å². The third kappa shape index (κ3) is 7.69. The van der Waals surface area contributed by atoms with Gasteiger partial charge in [-0.25, -0.2) is 9.18 Å². The van der Waals surface area contributed by atoms with Gasteiger partial charge in [0.05, 0.1) is 0 Å². The molecular weight excluding hydrogens is 269 g/mol. The van der Waals surface area contributed by atoms with Crippen LogP contribution >= 0.6 is 0 Å². The van der Waals surface area contributed by atoms with Gasteiger partial charge >= 0.3 is 5.97 Å². The Labute approximate surface area is 126 Å². The molecule has 0 saturated carbocycles. The van der Waals surface area contributed by atoms with Crippen molar-refractivity contribution in [2.24, 2.45) is 0 Å². The van der Waals surface area contributed by atoms with Gasteiger partial charge in [-0.15, -0.1) is 0 Å². The Bertz CT molecular complexity index is 406. The number of anilines is 1. The third-order valence-corrected chi connectivity index (χ3v) is 3.58. The van der Waals surface area contributed by atoms with Crippen LogP contribution in [0.1, 0.15) is 58.3 Å². The van der Waals surface area contributed by atoms with Gasteiger partial charge in [0.25, 0.3) is 0 Å². The fraction of sp³-hybridized carbons (Fsp3) is 0.588. The Morgan fingerprint density at radius 1 is 1.10 bits per heavy atom. The molecule has 0 aliphatic rings. The molecule has 1 aromatic rings. The quantitative estimate of drug-likeness (QED) is 0.575. The van der Waals surface area contributed by atoms with Gasteiger partial charge in [-0.1, -0.05) is 51.9 Å². The number of hydrogen-bond acceptors (Lipinski definition) is 2. The highest BCUT2D eigenvalue weighted by Crippen LogP contribution is 2.14. The number of hydrogen-bond donors (Lipinski definition) is 2. The molecule has 0 amide bonds. The van der Waals surface area contributed by atoms with Gasteiger partial charge in [-0.3, -0.25) is 0 Å². The topological polar surface area (TPSA) is 49.3 Å². The van der Waals surface area contributed by atoms with Crippen LogP contribution in [0, 0.1) is 5.82 Å². The summed E-state index contributed by atoms with van der Waals surface area (Å²) in [7, 11) is 0. The van der Waals surface area contributed by atoms with Crippen LogP contribution in [0.25, 0.3) is 0 Å². The van der Waals surface area contributed by atoms with Gasteiger partial charge in [0.2, 0.25) is 0 Å². The molecular formula is C17H26FNO2. The first-order valence-corrected chi connectivity index (χ1v) is 7.88. The van der Waals surface area contributed by atoms with E-state index in [0.717, 1.165) is 12.8 Å². The maximum atomic E-state index is 12.8. The number of benzene rings is 1. The highest BCUT2D eigenvalue weighted by molar-refractivity contribution is 5.77. The van der Waals surface area contributed by atoms with E-state index < -0.39 is 12.0 Å². The fourth-order valence-electron chi connectivity index (χ4n) is 2.31. The van der Waals surface area contributed by atoms with Crippen LogP contribution in [-0.4, -0.2) is 17.1 Å². The lowest BCUT2D eigenvalue weighted by Gasteiger charge is -2.15. The molecule has 118 valence electrons. The van der Waals surface area contributed by atoms with Crippen LogP contribution in [0.3, 0.4) is 0 Å². The number of unbranched alkanes of at least 4 members (excludes halogenated alkanes) is 6. The molecule has 4 heteroatoms. The molecule has 0 aliphatic heterocycles. The molecule has 0 bridgehead atoms. The van der Waals surface area contributed by atoms with Gasteiger partial charge < -0.3 is 10.4 Å². The molecule has 0 spiro atoms. The molecule has 0 aromatic heterocycles. The van der Waals surface area contributed by atoms with Gasteiger partial charge in [-0.05, 0) is 30.7 Å². The zero-order chi connectivity index (χ0) is 15.5. The zero-order valence-electron chi connectivity index (χ0n) is 12.8. The summed E-state index contributed by atoms with van der Waals surface area (Å²) >= 11 is 0. The molecule has 3 nitrogen and oxygen atoms in total. The molecule has 21 heavy (non-hydrogen) atoms. The predicted molar refractivity (Wildman–Crippen MR) is 84.1 cm³/mol. The first-order chi connectivity index (χ1) is 10.1. The normalized spacial score (nSPS) is 12.1. The summed E-state index contributed by atoms with van der Waals surface area (Å²) < 4.78 is 12.8. The molecule has 1 unspecified atom stereocenters. The Morgan fingerprint density at radius 3 is 2.24 bits per heavy atom. The largest absolute Gasteiger partial charge is 0.480 e. The fourth-order valence-corrected chi connectivity index (χ4v) is 2.31. The predicted octanol–water partition coefficient (Wildman–Crippen LogP) is 4.83. The monoisotopic (exact) mass is 295 g/mol. The second-order valence-electron chi connectivity index (χ2n) is 5.45. The average Bonchev–Trinajstić information content (AvgIpc) is 2.47. The minimum Gasteiger partial charge on any atom is -0.480 e. The smallest absolute Gasteiger partial charge is 0.326 e. The standard InChI is InChI=1S/C17H26FNO2/c1-2-3-4-5-6-7-8-9-16(17(20)21)19-15-12-10-14(18)11-13-15/h10-13,16,19H,2-9H2,1H3,(H,20,21). The molecule has 1 atom stereocenters. The molecule has 0 aliphatic carbocycles. The minimum absolute atomic E-state index is 0.320. The number of rotatable bonds is 11. The molecule has 0 radical (unpaired) electrons. The number of carboxylic acid groups (broad SMARTS) is 1. The molecule has 0 heterocycles. The molecule has 0 saturated heterocycles. The first-order valence-electron chi connectivity index (χ1n) is 7.88. The van der Waals surface area contributed by atoms with Gasteiger partial charge in [0, 0.05) is 5.69 Å². The van der Waals surface area contributed by atoms with Crippen LogP contribution in [0.15, 0.2) is 24.3 Å². The summed E-state index contributed by atoms with van der Waals surface area (Å²) in [6, 6.07) is 5.18. The second-order valence-corrected chi connectivity index (χ2v) is 5.45. The van der Waals surface area contributed by atoms with Crippen molar-refractivity contribution in [2.45, 2.75) is 64.3 Å². The van der Waals surface area contributed by atoms with Gasteiger partial charge in [0.1, 0.15) is 11.9 Å². The summed E-state index contributed by atoms with van der Waals surface area (Å²) in [4.78, 5) is 11.2. The minimum atomic E-state index is -0.856. The summed E-state index contributed by atoms with van der Waals surface area (Å²) in [5, 5.41) is 12.2. The second kappa shape index (κ2) is 10.2. The van der Waals surface area contributed by atoms with E-state index in [1.807, 2.05) is 0 Å². The van der Waals surface area contributed by atoms with Crippen molar-refractivity contribution in [3.05, 3.63) is 30.1 Å². The van der Waals surface area contributed by atoms with E-state index in [1.54, 1.807) is 12.1 Å². The van der Waals surface area contributed by atoms with Crippen LogP contribution in [0.5, 0.6) is 0 Å². The lowest BCUT2D eigenvalue weighted by molar-refractivity contribution is -0.138. The van der Waals surface area contributed by atoms with Crippen molar-refractivity contribution < 1.29 is 14.3 Å². The van der Waals surface area contributed by atoms with Crippen molar-refractivity contribution in [2.75, 3.05) is 5.32 Å². The van der Waals surface area contributed by atoms with Crippen molar-refractivity contribution in [3.63, 3.8) is 0 Å². The van der Waals surface area contributed by atoms with Crippen molar-refractivity contribution in [3.8, 4) is 0 Å². The number of nitrogens with one attached hydrogen (secondary N) is 1. The Balaban J connectivity index is 2.27. The molecule has 1 aromatic carbocycles. The van der Waals surface area contributed by atoms with Crippen LogP contribution in [0.4, 0.5) is 10.1 Å². The number of carboxylic acids is 1. The van der Waals surface area contributed by atoms with E-state index in [0.29, 0.717) is 12.1 Å². The summed E-state index contributed by atoms with van der Waals surface area (Å²) in [6.07, 6.45) is 8.76.